The van der Waals surface area contributed by atoms with E-state index in [0.29, 0.717) is 0 Å². The Morgan fingerprint density at radius 1 is 1.08 bits per heavy atom. The predicted octanol–water partition coefficient (Wildman–Crippen LogP) is 3.17. The minimum Gasteiger partial charge on any atom is -0.479 e. The second kappa shape index (κ2) is 6.92. The maximum absolute atomic E-state index is 12.5. The summed E-state index contributed by atoms with van der Waals surface area (Å²) in [4.78, 5) is 24.1. The number of esters is 1. The van der Waals surface area contributed by atoms with Crippen molar-refractivity contribution >= 4 is 11.9 Å². The van der Waals surface area contributed by atoms with Crippen molar-refractivity contribution in [2.75, 3.05) is 6.61 Å². The van der Waals surface area contributed by atoms with Gasteiger partial charge in [0, 0.05) is 5.92 Å². The van der Waals surface area contributed by atoms with E-state index in [9.17, 15) is 14.7 Å². The summed E-state index contributed by atoms with van der Waals surface area (Å²) in [6.07, 6.45) is 0.0268. The van der Waals surface area contributed by atoms with Crippen LogP contribution in [0.15, 0.2) is 48.5 Å². The summed E-state index contributed by atoms with van der Waals surface area (Å²) in [5, 5.41) is 9.43. The van der Waals surface area contributed by atoms with Crippen molar-refractivity contribution in [3.63, 3.8) is 0 Å². The molecule has 0 aliphatic heterocycles. The number of hydrogen-bond donors (Lipinski definition) is 2. The van der Waals surface area contributed by atoms with Gasteiger partial charge >= 0.3 is 11.9 Å². The van der Waals surface area contributed by atoms with Gasteiger partial charge in [-0.25, -0.2) is 9.59 Å². The number of ether oxygens (including phenoxy) is 1. The Kier molecular flexibility index (Phi) is 4.83. The SMILES string of the molecule is CC(C)C[C@@](N)(C(=O)O)C(=O)OCC1c2ccccc2-c2ccccc21. The summed E-state index contributed by atoms with van der Waals surface area (Å²) < 4.78 is 5.42. The largest absolute Gasteiger partial charge is 0.479 e. The van der Waals surface area contributed by atoms with E-state index in [2.05, 4.69) is 0 Å². The quantitative estimate of drug-likeness (QED) is 0.615. The molecule has 0 fully saturated rings. The Hall–Kier alpha value is -2.66. The number of nitrogens with two attached hydrogens (primary N) is 1. The topological polar surface area (TPSA) is 89.6 Å². The minimum atomic E-state index is -2.02. The van der Waals surface area contributed by atoms with Crippen LogP contribution in [0.25, 0.3) is 11.1 Å². The van der Waals surface area contributed by atoms with Crippen molar-refractivity contribution in [1.82, 2.24) is 0 Å². The molecule has 3 N–H and O–H groups in total. The van der Waals surface area contributed by atoms with Gasteiger partial charge in [-0.2, -0.15) is 0 Å². The average Bonchev–Trinajstić information content (AvgIpc) is 2.93. The van der Waals surface area contributed by atoms with E-state index < -0.39 is 17.5 Å². The maximum atomic E-state index is 12.5. The van der Waals surface area contributed by atoms with Crippen LogP contribution in [0, 0.1) is 5.92 Å². The molecular formula is C21H23NO4. The van der Waals surface area contributed by atoms with Crippen LogP contribution in [0.1, 0.15) is 37.3 Å². The molecule has 1 atom stereocenters. The van der Waals surface area contributed by atoms with E-state index in [-0.39, 0.29) is 24.9 Å². The van der Waals surface area contributed by atoms with Gasteiger partial charge in [-0.05, 0) is 34.6 Å². The fourth-order valence-electron chi connectivity index (χ4n) is 3.63. The van der Waals surface area contributed by atoms with Crippen molar-refractivity contribution in [3.8, 4) is 11.1 Å². The first-order valence-electron chi connectivity index (χ1n) is 8.72. The number of rotatable bonds is 6. The van der Waals surface area contributed by atoms with E-state index in [0.717, 1.165) is 22.3 Å². The predicted molar refractivity (Wildman–Crippen MR) is 98.7 cm³/mol. The van der Waals surface area contributed by atoms with Gasteiger partial charge in [0.1, 0.15) is 6.61 Å². The maximum Gasteiger partial charge on any atom is 0.337 e. The van der Waals surface area contributed by atoms with Crippen molar-refractivity contribution < 1.29 is 19.4 Å². The van der Waals surface area contributed by atoms with Crippen LogP contribution in [0.3, 0.4) is 0 Å². The van der Waals surface area contributed by atoms with Gasteiger partial charge in [0.25, 0.3) is 0 Å². The first-order valence-corrected chi connectivity index (χ1v) is 8.72. The van der Waals surface area contributed by atoms with Crippen molar-refractivity contribution in [1.29, 1.82) is 0 Å². The number of aliphatic carboxylic acids is 1. The molecule has 0 saturated carbocycles. The van der Waals surface area contributed by atoms with E-state index in [4.69, 9.17) is 10.5 Å². The second-order valence-electron chi connectivity index (χ2n) is 7.20. The van der Waals surface area contributed by atoms with Gasteiger partial charge in [-0.1, -0.05) is 62.4 Å². The molecule has 0 amide bonds. The fourth-order valence-corrected chi connectivity index (χ4v) is 3.63. The van der Waals surface area contributed by atoms with Crippen LogP contribution in [0.5, 0.6) is 0 Å². The molecule has 0 spiro atoms. The van der Waals surface area contributed by atoms with Gasteiger partial charge in [-0.15, -0.1) is 0 Å². The number of fused-ring (bicyclic) bond motifs is 3. The molecule has 2 aromatic carbocycles. The lowest BCUT2D eigenvalue weighted by molar-refractivity contribution is -0.162. The number of hydrogen-bond acceptors (Lipinski definition) is 4. The van der Waals surface area contributed by atoms with Crippen LogP contribution in [0.2, 0.25) is 0 Å². The molecule has 26 heavy (non-hydrogen) atoms. The Morgan fingerprint density at radius 2 is 1.58 bits per heavy atom. The summed E-state index contributed by atoms with van der Waals surface area (Å²) in [5.41, 5.74) is 8.24. The van der Waals surface area contributed by atoms with Crippen LogP contribution in [-0.2, 0) is 14.3 Å². The van der Waals surface area contributed by atoms with E-state index in [1.807, 2.05) is 62.4 Å². The number of benzene rings is 2. The summed E-state index contributed by atoms with van der Waals surface area (Å²) in [7, 11) is 0. The van der Waals surface area contributed by atoms with Gasteiger partial charge < -0.3 is 15.6 Å². The molecule has 2 aromatic rings. The van der Waals surface area contributed by atoms with Crippen molar-refractivity contribution in [2.45, 2.75) is 31.7 Å². The van der Waals surface area contributed by atoms with Gasteiger partial charge in [-0.3, -0.25) is 0 Å². The van der Waals surface area contributed by atoms with Crippen molar-refractivity contribution in [2.24, 2.45) is 11.7 Å². The van der Waals surface area contributed by atoms with E-state index >= 15 is 0 Å². The number of carboxylic acid groups (broad SMARTS) is 1. The number of carboxylic acids is 1. The highest BCUT2D eigenvalue weighted by Gasteiger charge is 2.45. The normalized spacial score (nSPS) is 15.2. The lowest BCUT2D eigenvalue weighted by Gasteiger charge is -2.25. The third kappa shape index (κ3) is 3.10. The highest BCUT2D eigenvalue weighted by Crippen LogP contribution is 2.44. The molecule has 5 heteroatoms. The zero-order valence-electron chi connectivity index (χ0n) is 14.9. The lowest BCUT2D eigenvalue weighted by Crippen LogP contribution is -2.56. The lowest BCUT2D eigenvalue weighted by atomic mass is 9.90. The zero-order valence-corrected chi connectivity index (χ0v) is 14.9. The fraction of sp³-hybridized carbons (Fsp3) is 0.333. The third-order valence-corrected chi connectivity index (χ3v) is 4.82. The molecule has 0 saturated heterocycles. The molecule has 0 bridgehead atoms. The second-order valence-corrected chi connectivity index (χ2v) is 7.20. The molecule has 0 aromatic heterocycles. The molecule has 5 nitrogen and oxygen atoms in total. The summed E-state index contributed by atoms with van der Waals surface area (Å²) in [5.74, 6) is -2.41. The first-order chi connectivity index (χ1) is 12.3. The summed E-state index contributed by atoms with van der Waals surface area (Å²) in [6.45, 7) is 3.71. The molecule has 3 rings (SSSR count). The van der Waals surface area contributed by atoms with E-state index in [1.165, 1.54) is 0 Å². The Bertz CT molecular complexity index is 800. The molecule has 1 aliphatic rings. The first kappa shape index (κ1) is 18.1. The van der Waals surface area contributed by atoms with Gasteiger partial charge in [0.15, 0.2) is 0 Å². The van der Waals surface area contributed by atoms with Crippen LogP contribution in [0.4, 0.5) is 0 Å². The molecule has 136 valence electrons. The molecule has 0 radical (unpaired) electrons. The average molecular weight is 353 g/mol. The molecule has 0 unspecified atom stereocenters. The monoisotopic (exact) mass is 353 g/mol. The van der Waals surface area contributed by atoms with Gasteiger partial charge in [0.2, 0.25) is 5.54 Å². The minimum absolute atomic E-state index is 0.0268. The molecular weight excluding hydrogens is 330 g/mol. The number of carbonyl (C=O) groups excluding carboxylic acids is 1. The highest BCUT2D eigenvalue weighted by atomic mass is 16.5. The Morgan fingerprint density at radius 3 is 2.04 bits per heavy atom. The smallest absolute Gasteiger partial charge is 0.337 e. The van der Waals surface area contributed by atoms with Crippen LogP contribution < -0.4 is 5.73 Å². The van der Waals surface area contributed by atoms with Gasteiger partial charge in [0.05, 0.1) is 0 Å². The summed E-state index contributed by atoms with van der Waals surface area (Å²) >= 11 is 0. The van der Waals surface area contributed by atoms with E-state index in [1.54, 1.807) is 0 Å². The standard InChI is InChI=1S/C21H23NO4/c1-13(2)11-21(22,19(23)24)20(25)26-12-18-16-9-5-3-7-14(16)15-8-4-6-10-17(15)18/h3-10,13,18H,11-12,22H2,1-2H3,(H,23,24)/t21-/m1/s1. The third-order valence-electron chi connectivity index (χ3n) is 4.82. The van der Waals surface area contributed by atoms with Crippen LogP contribution in [-0.4, -0.2) is 29.2 Å². The summed E-state index contributed by atoms with van der Waals surface area (Å²) in [6, 6.07) is 15.9. The Labute approximate surface area is 152 Å². The molecule has 1 aliphatic carbocycles. The zero-order chi connectivity index (χ0) is 18.9. The Balaban J connectivity index is 1.83. The van der Waals surface area contributed by atoms with Crippen molar-refractivity contribution in [3.05, 3.63) is 59.7 Å². The van der Waals surface area contributed by atoms with Crippen LogP contribution >= 0.6 is 0 Å². The molecule has 0 heterocycles. The highest BCUT2D eigenvalue weighted by molar-refractivity contribution is 6.03. The number of carbonyl (C=O) groups is 2.